The molecule has 1 aliphatic rings. The molecule has 0 unspecified atom stereocenters. The van der Waals surface area contributed by atoms with E-state index in [2.05, 4.69) is 4.90 Å². The second-order valence-electron chi connectivity index (χ2n) is 4.98. The molecule has 1 fully saturated rings. The Balaban J connectivity index is 1.99. The lowest BCUT2D eigenvalue weighted by Crippen LogP contribution is -2.37. The molecular weight excluding hydrogens is 248 g/mol. The lowest BCUT2D eigenvalue weighted by Gasteiger charge is -2.31. The molecule has 1 heterocycles. The summed E-state index contributed by atoms with van der Waals surface area (Å²) < 4.78 is 18.7. The number of likely N-dealkylation sites (tertiary alicyclic amines) is 1. The molecule has 0 atom stereocenters. The van der Waals surface area contributed by atoms with Crippen molar-refractivity contribution in [2.75, 3.05) is 20.2 Å². The van der Waals surface area contributed by atoms with Crippen molar-refractivity contribution >= 4 is 12.6 Å². The number of halogens is 1. The Bertz CT molecular complexity index is 422. The van der Waals surface area contributed by atoms with Gasteiger partial charge in [0.2, 0.25) is 0 Å². The van der Waals surface area contributed by atoms with Crippen molar-refractivity contribution in [3.8, 4) is 0 Å². The van der Waals surface area contributed by atoms with Crippen molar-refractivity contribution in [2.45, 2.75) is 25.5 Å². The van der Waals surface area contributed by atoms with Crippen LogP contribution in [-0.2, 0) is 11.3 Å². The molecule has 0 radical (unpaired) electrons. The minimum Gasteiger partial charge on any atom is -0.423 e. The number of rotatable bonds is 4. The fourth-order valence-electron chi connectivity index (χ4n) is 2.48. The van der Waals surface area contributed by atoms with Crippen molar-refractivity contribution in [1.29, 1.82) is 0 Å². The lowest BCUT2D eigenvalue weighted by molar-refractivity contribution is 0.0388. The molecule has 2 N–H and O–H groups in total. The average molecular weight is 267 g/mol. The smallest absolute Gasteiger partial charge is 0.423 e. The Morgan fingerprint density at radius 1 is 1.32 bits per heavy atom. The zero-order valence-electron chi connectivity index (χ0n) is 11.1. The van der Waals surface area contributed by atoms with Crippen molar-refractivity contribution in [3.63, 3.8) is 0 Å². The van der Waals surface area contributed by atoms with Gasteiger partial charge >= 0.3 is 7.12 Å². The molecule has 4 nitrogen and oxygen atoms in total. The summed E-state index contributed by atoms with van der Waals surface area (Å²) in [6.45, 7) is 2.44. The predicted molar refractivity (Wildman–Crippen MR) is 71.5 cm³/mol. The zero-order valence-corrected chi connectivity index (χ0v) is 11.1. The second kappa shape index (κ2) is 6.48. The van der Waals surface area contributed by atoms with Crippen LogP contribution in [0.5, 0.6) is 0 Å². The summed E-state index contributed by atoms with van der Waals surface area (Å²) in [5, 5.41) is 18.2. The summed E-state index contributed by atoms with van der Waals surface area (Å²) in [7, 11) is 0.0932. The van der Waals surface area contributed by atoms with Gasteiger partial charge in [-0.15, -0.1) is 0 Å². The third kappa shape index (κ3) is 4.01. The van der Waals surface area contributed by atoms with E-state index in [4.69, 9.17) is 14.8 Å². The van der Waals surface area contributed by atoms with Crippen molar-refractivity contribution in [2.24, 2.45) is 0 Å². The van der Waals surface area contributed by atoms with Gasteiger partial charge in [0.05, 0.1) is 6.10 Å². The first-order chi connectivity index (χ1) is 9.08. The van der Waals surface area contributed by atoms with E-state index in [1.807, 2.05) is 0 Å². The number of nitrogens with zero attached hydrogens (tertiary/aromatic N) is 1. The molecule has 0 aromatic heterocycles. The first kappa shape index (κ1) is 14.5. The first-order valence-corrected chi connectivity index (χ1v) is 6.49. The summed E-state index contributed by atoms with van der Waals surface area (Å²) in [6, 6.07) is 4.22. The third-order valence-corrected chi connectivity index (χ3v) is 3.55. The van der Waals surface area contributed by atoms with E-state index < -0.39 is 12.9 Å². The van der Waals surface area contributed by atoms with Gasteiger partial charge in [0.1, 0.15) is 5.82 Å². The number of methoxy groups -OCH3 is 1. The Hall–Kier alpha value is -0.945. The lowest BCUT2D eigenvalue weighted by atomic mass is 9.79. The van der Waals surface area contributed by atoms with Gasteiger partial charge in [-0.05, 0) is 36.0 Å². The minimum atomic E-state index is -1.63. The van der Waals surface area contributed by atoms with Crippen LogP contribution in [-0.4, -0.2) is 48.4 Å². The maximum Gasteiger partial charge on any atom is 0.488 e. The number of hydrogen-bond donors (Lipinski definition) is 2. The van der Waals surface area contributed by atoms with Crippen molar-refractivity contribution in [3.05, 3.63) is 29.6 Å². The van der Waals surface area contributed by atoms with E-state index in [0.717, 1.165) is 37.6 Å². The molecule has 0 spiro atoms. The third-order valence-electron chi connectivity index (χ3n) is 3.55. The summed E-state index contributed by atoms with van der Waals surface area (Å²) in [4.78, 5) is 2.22. The highest BCUT2D eigenvalue weighted by Crippen LogP contribution is 2.15. The van der Waals surface area contributed by atoms with Gasteiger partial charge in [-0.1, -0.05) is 6.07 Å². The van der Waals surface area contributed by atoms with Crippen LogP contribution in [0.1, 0.15) is 18.4 Å². The standard InChI is InChI=1S/C13H19BFNO3/c1-19-13-2-4-16(5-3-13)9-10-6-11(14(17)18)8-12(15)7-10/h6-8,13,17-18H,2-5,9H2,1H3. The normalized spacial score (nSPS) is 17.7. The van der Waals surface area contributed by atoms with Gasteiger partial charge < -0.3 is 14.8 Å². The molecule has 1 saturated heterocycles. The Kier molecular flexibility index (Phi) is 4.93. The molecule has 0 aliphatic carbocycles. The second-order valence-corrected chi connectivity index (χ2v) is 4.98. The van der Waals surface area contributed by atoms with Gasteiger partial charge in [0.25, 0.3) is 0 Å². The number of ether oxygens (including phenoxy) is 1. The Morgan fingerprint density at radius 2 is 2.00 bits per heavy atom. The van der Waals surface area contributed by atoms with E-state index in [1.165, 1.54) is 6.07 Å². The van der Waals surface area contributed by atoms with E-state index in [1.54, 1.807) is 13.2 Å². The van der Waals surface area contributed by atoms with Crippen molar-refractivity contribution in [1.82, 2.24) is 4.90 Å². The first-order valence-electron chi connectivity index (χ1n) is 6.49. The number of benzene rings is 1. The molecule has 2 rings (SSSR count). The molecule has 104 valence electrons. The van der Waals surface area contributed by atoms with E-state index in [-0.39, 0.29) is 5.46 Å². The van der Waals surface area contributed by atoms with Gasteiger partial charge in [0, 0.05) is 26.7 Å². The highest BCUT2D eigenvalue weighted by molar-refractivity contribution is 6.58. The van der Waals surface area contributed by atoms with Gasteiger partial charge in [-0.25, -0.2) is 4.39 Å². The Morgan fingerprint density at radius 3 is 2.58 bits per heavy atom. The molecular formula is C13H19BFNO3. The van der Waals surface area contributed by atoms with Crippen LogP contribution in [0.15, 0.2) is 18.2 Å². The van der Waals surface area contributed by atoms with E-state index in [0.29, 0.717) is 12.6 Å². The minimum absolute atomic E-state index is 0.196. The van der Waals surface area contributed by atoms with Gasteiger partial charge in [-0.2, -0.15) is 0 Å². The monoisotopic (exact) mass is 267 g/mol. The molecule has 1 aromatic rings. The molecule has 6 heteroatoms. The van der Waals surface area contributed by atoms with Crippen LogP contribution < -0.4 is 5.46 Å². The van der Waals surface area contributed by atoms with Gasteiger partial charge in [-0.3, -0.25) is 4.90 Å². The molecule has 19 heavy (non-hydrogen) atoms. The van der Waals surface area contributed by atoms with Crippen LogP contribution in [0.2, 0.25) is 0 Å². The number of hydrogen-bond acceptors (Lipinski definition) is 4. The molecule has 0 amide bonds. The fraction of sp³-hybridized carbons (Fsp3) is 0.538. The maximum atomic E-state index is 13.4. The average Bonchev–Trinajstić information content (AvgIpc) is 2.39. The van der Waals surface area contributed by atoms with Crippen LogP contribution >= 0.6 is 0 Å². The van der Waals surface area contributed by atoms with Crippen molar-refractivity contribution < 1.29 is 19.2 Å². The van der Waals surface area contributed by atoms with Crippen LogP contribution in [0.25, 0.3) is 0 Å². The maximum absolute atomic E-state index is 13.4. The topological polar surface area (TPSA) is 52.9 Å². The van der Waals surface area contributed by atoms with Crippen LogP contribution in [0.4, 0.5) is 4.39 Å². The largest absolute Gasteiger partial charge is 0.488 e. The highest BCUT2D eigenvalue weighted by atomic mass is 19.1. The van der Waals surface area contributed by atoms with E-state index >= 15 is 0 Å². The van der Waals surface area contributed by atoms with Gasteiger partial charge in [0.15, 0.2) is 0 Å². The molecule has 0 bridgehead atoms. The predicted octanol–water partition coefficient (Wildman–Crippen LogP) is 0.116. The quantitative estimate of drug-likeness (QED) is 0.761. The number of piperidine rings is 1. The summed E-state index contributed by atoms with van der Waals surface area (Å²) in [5.41, 5.74) is 0.959. The summed E-state index contributed by atoms with van der Waals surface area (Å²) >= 11 is 0. The fourth-order valence-corrected chi connectivity index (χ4v) is 2.48. The van der Waals surface area contributed by atoms with Crippen LogP contribution in [0.3, 0.4) is 0 Å². The highest BCUT2D eigenvalue weighted by Gasteiger charge is 2.19. The molecule has 1 aliphatic heterocycles. The molecule has 1 aromatic carbocycles. The molecule has 0 saturated carbocycles. The van der Waals surface area contributed by atoms with Crippen LogP contribution in [0, 0.1) is 5.82 Å². The summed E-state index contributed by atoms with van der Waals surface area (Å²) in [5.74, 6) is -0.438. The zero-order chi connectivity index (χ0) is 13.8. The summed E-state index contributed by atoms with van der Waals surface area (Å²) in [6.07, 6.45) is 2.27. The Labute approximate surface area is 113 Å². The van der Waals surface area contributed by atoms with E-state index in [9.17, 15) is 4.39 Å². The SMILES string of the molecule is COC1CCN(Cc2cc(F)cc(B(O)O)c2)CC1.